The molecule has 0 radical (unpaired) electrons. The van der Waals surface area contributed by atoms with Crippen LogP contribution in [-0.4, -0.2) is 46.7 Å². The minimum absolute atomic E-state index is 0.308. The van der Waals surface area contributed by atoms with E-state index in [2.05, 4.69) is 41.1 Å². The number of aliphatic hydroxyl groups is 2. The average molecular weight is 529 g/mol. The Kier molecular flexibility index (Phi) is 6.92. The quantitative estimate of drug-likeness (QED) is 0.257. The third kappa shape index (κ3) is 4.10. The van der Waals surface area contributed by atoms with Crippen LogP contribution in [0.3, 0.4) is 0 Å². The molecule has 0 fully saturated rings. The van der Waals surface area contributed by atoms with Crippen molar-refractivity contribution in [3.63, 3.8) is 0 Å². The first-order valence-electron chi connectivity index (χ1n) is 11.1. The summed E-state index contributed by atoms with van der Waals surface area (Å²) in [6.45, 7) is 7.63. The lowest BCUT2D eigenvalue weighted by atomic mass is 9.95. The molecule has 0 bridgehead atoms. The van der Waals surface area contributed by atoms with E-state index in [1.54, 1.807) is 18.7 Å². The summed E-state index contributed by atoms with van der Waals surface area (Å²) in [5, 5.41) is 24.7. The Bertz CT molecular complexity index is 1240. The molecule has 172 valence electrons. The molecule has 0 spiro atoms. The van der Waals surface area contributed by atoms with Crippen molar-refractivity contribution < 1.29 is 19.7 Å². The number of ether oxygens (including phenoxy) is 1. The Balaban J connectivity index is 1.88. The lowest BCUT2D eigenvalue weighted by Crippen LogP contribution is -2.40. The van der Waals surface area contributed by atoms with E-state index < -0.39 is 20.0 Å². The number of aliphatic hydroxyl groups excluding tert-OH is 2. The molecule has 0 saturated carbocycles. The first-order valence-corrected chi connectivity index (χ1v) is 13.4. The molecule has 1 heterocycles. The number of hydrogen-bond donors (Lipinski definition) is 2. The minimum atomic E-state index is -0.806. The zero-order chi connectivity index (χ0) is 23.9. The van der Waals surface area contributed by atoms with Gasteiger partial charge >= 0.3 is 5.97 Å². The zero-order valence-electron chi connectivity index (χ0n) is 19.2. The van der Waals surface area contributed by atoms with Gasteiger partial charge in [-0.3, -0.25) is 0 Å². The number of carbonyl (C=O) groups is 1. The van der Waals surface area contributed by atoms with Gasteiger partial charge in [0.05, 0.1) is 12.2 Å². The average Bonchev–Trinajstić information content (AvgIpc) is 3.10. The van der Waals surface area contributed by atoms with Crippen LogP contribution in [0.1, 0.15) is 49.2 Å². The predicted molar refractivity (Wildman–Crippen MR) is 140 cm³/mol. The van der Waals surface area contributed by atoms with Gasteiger partial charge in [0.15, 0.2) is 10.6 Å². The monoisotopic (exact) mass is 528 g/mol. The number of halogens is 1. The second-order valence-corrected chi connectivity index (χ2v) is 11.3. The summed E-state index contributed by atoms with van der Waals surface area (Å²) >= 11 is 3.67. The van der Waals surface area contributed by atoms with Crippen molar-refractivity contribution in [3.05, 3.63) is 69.7 Å². The Morgan fingerprint density at radius 3 is 2.24 bits per heavy atom. The van der Waals surface area contributed by atoms with Gasteiger partial charge in [-0.25, -0.2) is 4.79 Å². The Hall–Kier alpha value is -2.24. The first-order chi connectivity index (χ1) is 15.8. The van der Waals surface area contributed by atoms with E-state index in [0.29, 0.717) is 12.2 Å². The summed E-state index contributed by atoms with van der Waals surface area (Å²) in [4.78, 5) is 14.2. The van der Waals surface area contributed by atoms with Crippen molar-refractivity contribution >= 4 is 56.5 Å². The molecule has 3 aromatic carbocycles. The van der Waals surface area contributed by atoms with Crippen LogP contribution in [0, 0.1) is 0 Å². The molecule has 2 N–H and O–H groups in total. The van der Waals surface area contributed by atoms with E-state index in [-0.39, 0.29) is 5.97 Å². The van der Waals surface area contributed by atoms with Crippen molar-refractivity contribution in [1.29, 1.82) is 0 Å². The molecule has 3 unspecified atom stereocenters. The smallest absolute Gasteiger partial charge is 0.338 e. The van der Waals surface area contributed by atoms with Crippen molar-refractivity contribution in [1.82, 2.24) is 0 Å². The molecule has 7 heteroatoms. The highest BCUT2D eigenvalue weighted by Crippen LogP contribution is 2.44. The van der Waals surface area contributed by atoms with Crippen molar-refractivity contribution in [2.75, 3.05) is 17.7 Å². The van der Waals surface area contributed by atoms with Crippen LogP contribution in [0.25, 0.3) is 10.8 Å². The van der Waals surface area contributed by atoms with Gasteiger partial charge in [0.25, 0.3) is 0 Å². The Labute approximate surface area is 203 Å². The van der Waals surface area contributed by atoms with Gasteiger partial charge < -0.3 is 19.8 Å². The van der Waals surface area contributed by atoms with E-state index in [1.807, 2.05) is 37.3 Å². The minimum Gasteiger partial charge on any atom is -0.462 e. The standard InChI is InChI=1S/C26H28BrNO4P/c1-5-32-26(31)20-12-11-19-24-22(14-13-21(27)23(20)24)33(6-2)25(19)17-7-9-18(10-8-17)28(15(3)29)16(4)30/h7-16,29-30H,5-6H2,1-4H3/q+1. The molecule has 5 nitrogen and oxygen atoms in total. The summed E-state index contributed by atoms with van der Waals surface area (Å²) in [6, 6.07) is 16.1. The van der Waals surface area contributed by atoms with Gasteiger partial charge in [-0.15, -0.1) is 0 Å². The maximum absolute atomic E-state index is 12.7. The highest BCUT2D eigenvalue weighted by Gasteiger charge is 2.36. The maximum Gasteiger partial charge on any atom is 0.338 e. The molecule has 0 amide bonds. The molecule has 33 heavy (non-hydrogen) atoms. The third-order valence-electron chi connectivity index (χ3n) is 5.96. The molecule has 0 aliphatic carbocycles. The van der Waals surface area contributed by atoms with Crippen LogP contribution in [0.15, 0.2) is 53.0 Å². The number of nitrogens with zero attached hydrogens (tertiary/aromatic N) is 1. The number of hydrogen-bond acceptors (Lipinski definition) is 5. The molecule has 3 atom stereocenters. The number of anilines is 1. The summed E-state index contributed by atoms with van der Waals surface area (Å²) in [5.74, 6) is -0.308. The largest absolute Gasteiger partial charge is 0.462 e. The van der Waals surface area contributed by atoms with Crippen LogP contribution in [0.5, 0.6) is 0 Å². The Morgan fingerprint density at radius 1 is 1.00 bits per heavy atom. The van der Waals surface area contributed by atoms with E-state index in [9.17, 15) is 15.0 Å². The lowest BCUT2D eigenvalue weighted by molar-refractivity contribution is 0.0528. The van der Waals surface area contributed by atoms with Gasteiger partial charge in [-0.2, -0.15) is 0 Å². The maximum atomic E-state index is 12.7. The van der Waals surface area contributed by atoms with Gasteiger partial charge in [-0.1, -0.05) is 15.9 Å². The van der Waals surface area contributed by atoms with Gasteiger partial charge in [0.2, 0.25) is 0 Å². The molecule has 0 aromatic heterocycles. The van der Waals surface area contributed by atoms with Crippen LogP contribution in [-0.2, 0) is 4.74 Å². The normalized spacial score (nSPS) is 15.6. The van der Waals surface area contributed by atoms with Crippen LogP contribution in [0.4, 0.5) is 5.69 Å². The van der Waals surface area contributed by atoms with Crippen LogP contribution in [0.2, 0.25) is 0 Å². The number of esters is 1. The molecule has 3 aromatic rings. The predicted octanol–water partition coefficient (Wildman–Crippen LogP) is 4.97. The zero-order valence-corrected chi connectivity index (χ0v) is 21.7. The fourth-order valence-electron chi connectivity index (χ4n) is 4.68. The van der Waals surface area contributed by atoms with E-state index in [1.165, 1.54) is 10.6 Å². The fraction of sp³-hybridized carbons (Fsp3) is 0.308. The summed E-state index contributed by atoms with van der Waals surface area (Å²) in [5.41, 5.74) is 3.60. The van der Waals surface area contributed by atoms with Gasteiger partial charge in [-0.05, 0) is 76.2 Å². The summed E-state index contributed by atoms with van der Waals surface area (Å²) in [7, 11) is -0.599. The number of rotatable bonds is 7. The van der Waals surface area contributed by atoms with Crippen LogP contribution >= 0.6 is 23.5 Å². The topological polar surface area (TPSA) is 70.0 Å². The second kappa shape index (κ2) is 9.55. The molecular weight excluding hydrogens is 501 g/mol. The van der Waals surface area contributed by atoms with Crippen molar-refractivity contribution in [2.24, 2.45) is 0 Å². The van der Waals surface area contributed by atoms with E-state index in [0.717, 1.165) is 38.2 Å². The highest BCUT2D eigenvalue weighted by molar-refractivity contribution is 9.10. The second-order valence-electron chi connectivity index (χ2n) is 8.01. The SMILES string of the molecule is CCOC(=O)c1ccc2c3c(ccc(Br)c13)[P+](CC)=C2c1ccc(N(C(C)O)C(C)O)cc1. The Morgan fingerprint density at radius 2 is 1.67 bits per heavy atom. The lowest BCUT2D eigenvalue weighted by Gasteiger charge is -2.30. The van der Waals surface area contributed by atoms with Gasteiger partial charge in [0.1, 0.15) is 26.2 Å². The van der Waals surface area contributed by atoms with Crippen LogP contribution < -0.4 is 10.2 Å². The molecule has 4 rings (SSSR count). The summed E-state index contributed by atoms with van der Waals surface area (Å²) < 4.78 is 6.21. The third-order valence-corrected chi connectivity index (χ3v) is 9.25. The van der Waals surface area contributed by atoms with E-state index in [4.69, 9.17) is 4.74 Å². The summed E-state index contributed by atoms with van der Waals surface area (Å²) in [6.07, 6.45) is -0.626. The number of benzene rings is 3. The van der Waals surface area contributed by atoms with Gasteiger partial charge in [0, 0.05) is 32.1 Å². The highest BCUT2D eigenvalue weighted by atomic mass is 79.9. The van der Waals surface area contributed by atoms with Crippen molar-refractivity contribution in [3.8, 4) is 0 Å². The fourth-order valence-corrected chi connectivity index (χ4v) is 7.81. The molecular formula is C26H28BrNO4P+. The van der Waals surface area contributed by atoms with E-state index >= 15 is 0 Å². The molecule has 1 aliphatic rings. The molecule has 0 saturated heterocycles. The number of carbonyl (C=O) groups excluding carboxylic acids is 1. The van der Waals surface area contributed by atoms with Crippen molar-refractivity contribution in [2.45, 2.75) is 40.2 Å². The molecule has 1 aliphatic heterocycles. The first kappa shape index (κ1) is 23.9.